The van der Waals surface area contributed by atoms with Gasteiger partial charge >= 0.3 is 5.97 Å². The van der Waals surface area contributed by atoms with Gasteiger partial charge in [-0.3, -0.25) is 0 Å². The molecule has 1 unspecified atom stereocenters. The van der Waals surface area contributed by atoms with E-state index in [2.05, 4.69) is 0 Å². The number of hydrogen-bond donors (Lipinski definition) is 2. The normalized spacial score (nSPS) is 14.2. The summed E-state index contributed by atoms with van der Waals surface area (Å²) in [6, 6.07) is 3.45. The molecule has 118 valence electrons. The summed E-state index contributed by atoms with van der Waals surface area (Å²) in [7, 11) is -2.50. The van der Waals surface area contributed by atoms with Gasteiger partial charge in [-0.2, -0.15) is 4.31 Å². The largest absolute Gasteiger partial charge is 0.478 e. The van der Waals surface area contributed by atoms with Gasteiger partial charge in [-0.15, -0.1) is 0 Å². The first-order valence-electron chi connectivity index (χ1n) is 6.50. The average molecular weight is 314 g/mol. The summed E-state index contributed by atoms with van der Waals surface area (Å²) >= 11 is 0. The molecule has 0 bridgehead atoms. The van der Waals surface area contributed by atoms with Crippen molar-refractivity contribution in [1.29, 1.82) is 0 Å². The lowest BCUT2D eigenvalue weighted by Crippen LogP contribution is -2.43. The SMILES string of the molecule is CC(N(C)S(=O)(=O)c1cc(N)ccc1C(=O)O)C(C)(C)C. The Morgan fingerprint density at radius 2 is 1.86 bits per heavy atom. The third-order valence-corrected chi connectivity index (χ3v) is 5.66. The minimum atomic E-state index is -3.95. The number of aromatic carboxylic acids is 1. The summed E-state index contributed by atoms with van der Waals surface area (Å²) < 4.78 is 26.6. The number of rotatable bonds is 4. The van der Waals surface area contributed by atoms with E-state index in [0.29, 0.717) is 0 Å². The smallest absolute Gasteiger partial charge is 0.337 e. The van der Waals surface area contributed by atoms with E-state index in [1.165, 1.54) is 29.6 Å². The first-order valence-corrected chi connectivity index (χ1v) is 7.94. The van der Waals surface area contributed by atoms with E-state index in [0.717, 1.165) is 0 Å². The Kier molecular flexibility index (Phi) is 4.70. The van der Waals surface area contributed by atoms with Crippen molar-refractivity contribution < 1.29 is 18.3 Å². The molecule has 1 atom stereocenters. The maximum atomic E-state index is 12.7. The Morgan fingerprint density at radius 3 is 2.29 bits per heavy atom. The number of hydrogen-bond acceptors (Lipinski definition) is 4. The Labute approximate surface area is 125 Å². The molecule has 0 saturated carbocycles. The van der Waals surface area contributed by atoms with Gasteiger partial charge in [0.2, 0.25) is 10.0 Å². The van der Waals surface area contributed by atoms with Gasteiger partial charge in [0.1, 0.15) is 0 Å². The van der Waals surface area contributed by atoms with Crippen molar-refractivity contribution in [2.24, 2.45) is 5.41 Å². The molecule has 0 spiro atoms. The minimum absolute atomic E-state index is 0.204. The molecule has 3 N–H and O–H groups in total. The number of anilines is 1. The van der Waals surface area contributed by atoms with Crippen LogP contribution in [-0.2, 0) is 10.0 Å². The van der Waals surface area contributed by atoms with Crippen molar-refractivity contribution in [3.8, 4) is 0 Å². The van der Waals surface area contributed by atoms with Gasteiger partial charge < -0.3 is 10.8 Å². The van der Waals surface area contributed by atoms with Crippen LogP contribution in [0.5, 0.6) is 0 Å². The van der Waals surface area contributed by atoms with Gasteiger partial charge in [-0.25, -0.2) is 13.2 Å². The van der Waals surface area contributed by atoms with E-state index >= 15 is 0 Å². The van der Waals surface area contributed by atoms with Crippen molar-refractivity contribution in [2.75, 3.05) is 12.8 Å². The lowest BCUT2D eigenvalue weighted by Gasteiger charge is -2.34. The summed E-state index contributed by atoms with van der Waals surface area (Å²) in [5, 5.41) is 9.18. The minimum Gasteiger partial charge on any atom is -0.478 e. The van der Waals surface area contributed by atoms with Crippen LogP contribution >= 0.6 is 0 Å². The van der Waals surface area contributed by atoms with Gasteiger partial charge in [0.15, 0.2) is 0 Å². The van der Waals surface area contributed by atoms with Crippen LogP contribution in [0.4, 0.5) is 5.69 Å². The average Bonchev–Trinajstić information content (AvgIpc) is 2.35. The molecule has 0 aromatic heterocycles. The highest BCUT2D eigenvalue weighted by molar-refractivity contribution is 7.89. The first-order chi connectivity index (χ1) is 9.39. The van der Waals surface area contributed by atoms with Crippen molar-refractivity contribution in [1.82, 2.24) is 4.31 Å². The highest BCUT2D eigenvalue weighted by Crippen LogP contribution is 2.29. The summed E-state index contributed by atoms with van der Waals surface area (Å²) in [5.74, 6) is -1.30. The Morgan fingerprint density at radius 1 is 1.33 bits per heavy atom. The van der Waals surface area contributed by atoms with Gasteiger partial charge in [0.25, 0.3) is 0 Å². The molecule has 1 aromatic rings. The van der Waals surface area contributed by atoms with Crippen LogP contribution in [0.3, 0.4) is 0 Å². The topological polar surface area (TPSA) is 101 Å². The molecule has 1 aromatic carbocycles. The number of nitrogens with two attached hydrogens (primary N) is 1. The number of carboxylic acid groups (broad SMARTS) is 1. The second kappa shape index (κ2) is 5.65. The summed E-state index contributed by atoms with van der Waals surface area (Å²) in [6.07, 6.45) is 0. The van der Waals surface area contributed by atoms with Gasteiger partial charge in [0.05, 0.1) is 10.5 Å². The van der Waals surface area contributed by atoms with Gasteiger partial charge in [0, 0.05) is 18.8 Å². The first kappa shape index (κ1) is 17.5. The predicted molar refractivity (Wildman–Crippen MR) is 81.7 cm³/mol. The van der Waals surface area contributed by atoms with E-state index in [1.54, 1.807) is 6.92 Å². The zero-order valence-corrected chi connectivity index (χ0v) is 13.7. The molecule has 0 amide bonds. The van der Waals surface area contributed by atoms with Crippen molar-refractivity contribution in [2.45, 2.75) is 38.6 Å². The van der Waals surface area contributed by atoms with Crippen molar-refractivity contribution in [3.05, 3.63) is 23.8 Å². The van der Waals surface area contributed by atoms with Crippen molar-refractivity contribution in [3.63, 3.8) is 0 Å². The van der Waals surface area contributed by atoms with Gasteiger partial charge in [-0.1, -0.05) is 20.8 Å². The van der Waals surface area contributed by atoms with Crippen molar-refractivity contribution >= 4 is 21.7 Å². The maximum absolute atomic E-state index is 12.7. The quantitative estimate of drug-likeness (QED) is 0.828. The molecule has 1 rings (SSSR count). The molecule has 7 heteroatoms. The number of carboxylic acids is 1. The summed E-state index contributed by atoms with van der Waals surface area (Å²) in [6.45, 7) is 7.54. The van der Waals surface area contributed by atoms with E-state index in [9.17, 15) is 18.3 Å². The third-order valence-electron chi connectivity index (χ3n) is 3.69. The number of carbonyl (C=O) groups is 1. The van der Waals surface area contributed by atoms with Crippen LogP contribution in [0.15, 0.2) is 23.1 Å². The number of benzene rings is 1. The molecule has 6 nitrogen and oxygen atoms in total. The fraction of sp³-hybridized carbons (Fsp3) is 0.500. The fourth-order valence-corrected chi connectivity index (χ4v) is 3.60. The standard InChI is InChI=1S/C14H22N2O4S/c1-9(14(2,3)4)16(5)21(19,20)12-8-10(15)6-7-11(12)13(17)18/h6-9H,15H2,1-5H3,(H,17,18). The van der Waals surface area contributed by atoms with Crippen LogP contribution in [0.25, 0.3) is 0 Å². The zero-order chi connectivity index (χ0) is 16.6. The third kappa shape index (κ3) is 3.54. The van der Waals surface area contributed by atoms with Crippen LogP contribution in [0, 0.1) is 5.41 Å². The Bertz CT molecular complexity index is 647. The molecule has 0 saturated heterocycles. The molecule has 21 heavy (non-hydrogen) atoms. The molecule has 0 fully saturated rings. The monoisotopic (exact) mass is 314 g/mol. The van der Waals surface area contributed by atoms with E-state index in [4.69, 9.17) is 5.73 Å². The van der Waals surface area contributed by atoms with Crippen LogP contribution < -0.4 is 5.73 Å². The summed E-state index contributed by atoms with van der Waals surface area (Å²) in [4.78, 5) is 11.0. The zero-order valence-electron chi connectivity index (χ0n) is 12.9. The highest BCUT2D eigenvalue weighted by Gasteiger charge is 2.34. The van der Waals surface area contributed by atoms with E-state index in [1.807, 2.05) is 20.8 Å². The predicted octanol–water partition coefficient (Wildman–Crippen LogP) is 2.02. The summed E-state index contributed by atoms with van der Waals surface area (Å²) in [5.41, 5.74) is 5.25. The molecule has 0 aliphatic heterocycles. The second-order valence-corrected chi connectivity index (χ2v) is 8.09. The number of nitrogen functional groups attached to an aromatic ring is 1. The molecule has 0 heterocycles. The molecular weight excluding hydrogens is 292 g/mol. The highest BCUT2D eigenvalue weighted by atomic mass is 32.2. The Hall–Kier alpha value is -1.60. The Balaban J connectivity index is 3.44. The van der Waals surface area contributed by atoms with Crippen LogP contribution in [-0.4, -0.2) is 36.9 Å². The molecule has 0 radical (unpaired) electrons. The number of nitrogens with zero attached hydrogens (tertiary/aromatic N) is 1. The van der Waals surface area contributed by atoms with Crippen LogP contribution in [0.1, 0.15) is 38.1 Å². The number of sulfonamides is 1. The molecule has 0 aliphatic carbocycles. The van der Waals surface area contributed by atoms with Crippen LogP contribution in [0.2, 0.25) is 0 Å². The lowest BCUT2D eigenvalue weighted by molar-refractivity contribution is 0.0692. The molecular formula is C14H22N2O4S. The molecule has 0 aliphatic rings. The second-order valence-electron chi connectivity index (χ2n) is 6.12. The lowest BCUT2D eigenvalue weighted by atomic mass is 9.88. The van der Waals surface area contributed by atoms with E-state index in [-0.39, 0.29) is 27.6 Å². The van der Waals surface area contributed by atoms with Gasteiger partial charge in [-0.05, 0) is 30.5 Å². The maximum Gasteiger partial charge on any atom is 0.337 e. The fourth-order valence-electron chi connectivity index (χ4n) is 1.84. The van der Waals surface area contributed by atoms with E-state index < -0.39 is 16.0 Å².